The first-order valence-corrected chi connectivity index (χ1v) is 8.35. The number of hydrogen-bond acceptors (Lipinski definition) is 4. The highest BCUT2D eigenvalue weighted by molar-refractivity contribution is 7.99. The quantitative estimate of drug-likeness (QED) is 0.798. The summed E-state index contributed by atoms with van der Waals surface area (Å²) in [6, 6.07) is 4.11. The van der Waals surface area contributed by atoms with E-state index in [0.717, 1.165) is 30.3 Å². The maximum Gasteiger partial charge on any atom is 0.410 e. The van der Waals surface area contributed by atoms with Crippen LogP contribution in [0.4, 0.5) is 4.79 Å². The van der Waals surface area contributed by atoms with Gasteiger partial charge in [0.05, 0.1) is 5.03 Å². The maximum absolute atomic E-state index is 12.0. The van der Waals surface area contributed by atoms with Crippen LogP contribution in [0.1, 0.15) is 32.8 Å². The number of likely N-dealkylation sites (tertiary alicyclic amines) is 1. The van der Waals surface area contributed by atoms with Crippen molar-refractivity contribution in [2.24, 2.45) is 5.92 Å². The molecule has 21 heavy (non-hydrogen) atoms. The predicted molar refractivity (Wildman–Crippen MR) is 85.6 cm³/mol. The van der Waals surface area contributed by atoms with E-state index >= 15 is 0 Å². The SMILES string of the molecule is Cc1ccnc(SCC2CCN(C(=O)OC(C)(C)C)C2)c1. The van der Waals surface area contributed by atoms with Crippen LogP contribution in [0.5, 0.6) is 0 Å². The zero-order valence-electron chi connectivity index (χ0n) is 13.3. The minimum absolute atomic E-state index is 0.191. The largest absolute Gasteiger partial charge is 0.444 e. The number of hydrogen-bond donors (Lipinski definition) is 0. The van der Waals surface area contributed by atoms with Crippen LogP contribution in [0.25, 0.3) is 0 Å². The molecule has 1 unspecified atom stereocenters. The Bertz CT molecular complexity index is 499. The van der Waals surface area contributed by atoms with Gasteiger partial charge in [0.15, 0.2) is 0 Å². The van der Waals surface area contributed by atoms with Crippen molar-refractivity contribution in [3.05, 3.63) is 23.9 Å². The smallest absolute Gasteiger partial charge is 0.410 e. The van der Waals surface area contributed by atoms with Gasteiger partial charge in [0.25, 0.3) is 0 Å². The minimum atomic E-state index is -0.421. The zero-order valence-corrected chi connectivity index (χ0v) is 14.1. The summed E-state index contributed by atoms with van der Waals surface area (Å²) in [7, 11) is 0. The van der Waals surface area contributed by atoms with Crippen LogP contribution in [0.15, 0.2) is 23.4 Å². The molecule has 2 heterocycles. The number of pyridine rings is 1. The maximum atomic E-state index is 12.0. The second-order valence-electron chi connectivity index (χ2n) is 6.56. The molecule has 1 aromatic rings. The van der Waals surface area contributed by atoms with Crippen LogP contribution in [0, 0.1) is 12.8 Å². The van der Waals surface area contributed by atoms with Crippen LogP contribution in [0.2, 0.25) is 0 Å². The fourth-order valence-corrected chi connectivity index (χ4v) is 3.33. The van der Waals surface area contributed by atoms with Crippen molar-refractivity contribution in [1.29, 1.82) is 0 Å². The third-order valence-corrected chi connectivity index (χ3v) is 4.45. The molecule has 1 aromatic heterocycles. The summed E-state index contributed by atoms with van der Waals surface area (Å²) in [6.45, 7) is 9.35. The molecule has 1 saturated heterocycles. The van der Waals surface area contributed by atoms with E-state index in [0.29, 0.717) is 5.92 Å². The average Bonchev–Trinajstić information content (AvgIpc) is 2.83. The van der Waals surface area contributed by atoms with E-state index in [1.165, 1.54) is 5.56 Å². The molecule has 0 bridgehead atoms. The van der Waals surface area contributed by atoms with E-state index in [4.69, 9.17) is 4.74 Å². The normalized spacial score (nSPS) is 18.9. The van der Waals surface area contributed by atoms with Gasteiger partial charge in [-0.3, -0.25) is 0 Å². The number of rotatable bonds is 3. The third-order valence-electron chi connectivity index (χ3n) is 3.29. The molecule has 5 heteroatoms. The molecular formula is C16H24N2O2S. The van der Waals surface area contributed by atoms with E-state index in [9.17, 15) is 4.79 Å². The van der Waals surface area contributed by atoms with Crippen molar-refractivity contribution < 1.29 is 9.53 Å². The second kappa shape index (κ2) is 6.69. The van der Waals surface area contributed by atoms with Gasteiger partial charge in [-0.15, -0.1) is 11.8 Å². The molecule has 0 N–H and O–H groups in total. The highest BCUT2D eigenvalue weighted by Crippen LogP contribution is 2.26. The molecule has 4 nitrogen and oxygen atoms in total. The standard InChI is InChI=1S/C16H24N2O2S/c1-12-5-7-17-14(9-12)21-11-13-6-8-18(10-13)15(19)20-16(2,3)4/h5,7,9,13H,6,8,10-11H2,1-4H3. The number of amides is 1. The summed E-state index contributed by atoms with van der Waals surface area (Å²) in [6.07, 6.45) is 2.70. The number of aryl methyl sites for hydroxylation is 1. The Labute approximate surface area is 131 Å². The molecule has 2 rings (SSSR count). The van der Waals surface area contributed by atoms with E-state index in [2.05, 4.69) is 18.0 Å². The fourth-order valence-electron chi connectivity index (χ4n) is 2.25. The lowest BCUT2D eigenvalue weighted by Gasteiger charge is -2.24. The average molecular weight is 308 g/mol. The summed E-state index contributed by atoms with van der Waals surface area (Å²) in [5, 5.41) is 1.06. The van der Waals surface area contributed by atoms with E-state index in [-0.39, 0.29) is 6.09 Å². The Hall–Kier alpha value is -1.23. The topological polar surface area (TPSA) is 42.4 Å². The van der Waals surface area contributed by atoms with Gasteiger partial charge >= 0.3 is 6.09 Å². The molecule has 0 saturated carbocycles. The Morgan fingerprint density at radius 2 is 2.29 bits per heavy atom. The monoisotopic (exact) mass is 308 g/mol. The summed E-state index contributed by atoms with van der Waals surface area (Å²) >= 11 is 1.77. The predicted octanol–water partition coefficient (Wildman–Crippen LogP) is 3.74. The molecule has 116 valence electrons. The summed E-state index contributed by atoms with van der Waals surface area (Å²) in [5.41, 5.74) is 0.810. The molecule has 1 amide bonds. The van der Waals surface area contributed by atoms with Gasteiger partial charge in [-0.2, -0.15) is 0 Å². The number of carbonyl (C=O) groups excluding carboxylic acids is 1. The van der Waals surface area contributed by atoms with Crippen molar-refractivity contribution in [3.8, 4) is 0 Å². The fraction of sp³-hybridized carbons (Fsp3) is 0.625. The minimum Gasteiger partial charge on any atom is -0.444 e. The van der Waals surface area contributed by atoms with Crippen LogP contribution < -0.4 is 0 Å². The molecule has 0 spiro atoms. The number of thioether (sulfide) groups is 1. The molecule has 1 fully saturated rings. The highest BCUT2D eigenvalue weighted by Gasteiger charge is 2.29. The number of carbonyl (C=O) groups is 1. The summed E-state index contributed by atoms with van der Waals surface area (Å²) < 4.78 is 5.42. The van der Waals surface area contributed by atoms with Gasteiger partial charge in [-0.25, -0.2) is 9.78 Å². The molecule has 1 aliphatic rings. The Kier molecular flexibility index (Phi) is 5.14. The molecule has 0 aromatic carbocycles. The Balaban J connectivity index is 1.79. The first-order chi connectivity index (χ1) is 9.83. The molecule has 0 radical (unpaired) electrons. The van der Waals surface area contributed by atoms with Gasteiger partial charge in [0, 0.05) is 25.0 Å². The van der Waals surface area contributed by atoms with E-state index in [1.807, 2.05) is 37.9 Å². The van der Waals surface area contributed by atoms with Crippen molar-refractivity contribution in [2.75, 3.05) is 18.8 Å². The summed E-state index contributed by atoms with van der Waals surface area (Å²) in [4.78, 5) is 18.2. The van der Waals surface area contributed by atoms with Crippen molar-refractivity contribution >= 4 is 17.9 Å². The zero-order chi connectivity index (χ0) is 15.5. The number of nitrogens with zero attached hydrogens (tertiary/aromatic N) is 2. The van der Waals surface area contributed by atoms with Crippen molar-refractivity contribution in [3.63, 3.8) is 0 Å². The third kappa shape index (κ3) is 5.23. The molecule has 1 aliphatic heterocycles. The molecular weight excluding hydrogens is 284 g/mol. The lowest BCUT2D eigenvalue weighted by atomic mass is 10.2. The van der Waals surface area contributed by atoms with E-state index < -0.39 is 5.60 Å². The number of aromatic nitrogens is 1. The van der Waals surface area contributed by atoms with Gasteiger partial charge in [-0.05, 0) is 57.7 Å². The second-order valence-corrected chi connectivity index (χ2v) is 7.60. The summed E-state index contributed by atoms with van der Waals surface area (Å²) in [5.74, 6) is 1.51. The van der Waals surface area contributed by atoms with Crippen LogP contribution in [-0.2, 0) is 4.74 Å². The number of ether oxygens (including phenoxy) is 1. The lowest BCUT2D eigenvalue weighted by molar-refractivity contribution is 0.0289. The first-order valence-electron chi connectivity index (χ1n) is 7.37. The van der Waals surface area contributed by atoms with E-state index in [1.54, 1.807) is 11.8 Å². The first kappa shape index (κ1) is 16.1. The van der Waals surface area contributed by atoms with Crippen LogP contribution in [-0.4, -0.2) is 40.4 Å². The highest BCUT2D eigenvalue weighted by atomic mass is 32.2. The molecule has 1 atom stereocenters. The van der Waals surface area contributed by atoms with Gasteiger partial charge in [-0.1, -0.05) is 0 Å². The van der Waals surface area contributed by atoms with Crippen LogP contribution >= 0.6 is 11.8 Å². The van der Waals surface area contributed by atoms with Crippen molar-refractivity contribution in [1.82, 2.24) is 9.88 Å². The lowest BCUT2D eigenvalue weighted by Crippen LogP contribution is -2.35. The Morgan fingerprint density at radius 3 is 2.95 bits per heavy atom. The molecule has 0 aliphatic carbocycles. The van der Waals surface area contributed by atoms with Gasteiger partial charge < -0.3 is 9.64 Å². The van der Waals surface area contributed by atoms with Crippen molar-refractivity contribution in [2.45, 2.75) is 44.7 Å². The van der Waals surface area contributed by atoms with Gasteiger partial charge in [0.2, 0.25) is 0 Å². The Morgan fingerprint density at radius 1 is 1.52 bits per heavy atom. The van der Waals surface area contributed by atoms with Crippen LogP contribution in [0.3, 0.4) is 0 Å². The van der Waals surface area contributed by atoms with Gasteiger partial charge in [0.1, 0.15) is 5.60 Å².